The molecule has 6 fully saturated rings. The monoisotopic (exact) mass is 658 g/mol. The third kappa shape index (κ3) is 3.78. The number of ether oxygens (including phenoxy) is 5. The summed E-state index contributed by atoms with van der Waals surface area (Å²) in [5, 5.41) is 24.7. The molecular weight excluding hydrogens is 612 g/mol. The van der Waals surface area contributed by atoms with Crippen molar-refractivity contribution in [1.82, 2.24) is 0 Å². The number of Topliss-reactive ketones (excluding diaryl/α,β-unsaturated/α-hetero) is 1. The Morgan fingerprint density at radius 2 is 1.70 bits per heavy atom. The lowest BCUT2D eigenvalue weighted by molar-refractivity contribution is -0.374. The number of fused-ring (bicyclic) bond motifs is 1. The molecule has 47 heavy (non-hydrogen) atoms. The fourth-order valence-electron chi connectivity index (χ4n) is 11.5. The second-order valence-electron chi connectivity index (χ2n) is 15.6. The normalized spacial score (nSPS) is 49.8. The summed E-state index contributed by atoms with van der Waals surface area (Å²) in [4.78, 5) is 53.6. The molecule has 0 aromatic carbocycles. The minimum atomic E-state index is -1.32. The van der Waals surface area contributed by atoms with Crippen LogP contribution in [0.3, 0.4) is 0 Å². The third-order valence-corrected chi connectivity index (χ3v) is 13.8. The van der Waals surface area contributed by atoms with E-state index in [1.165, 1.54) is 13.8 Å². The quantitative estimate of drug-likeness (QED) is 0.260. The Labute approximate surface area is 273 Å². The average molecular weight is 659 g/mol. The number of aliphatic hydroxyl groups excluding tert-OH is 2. The molecule has 15 atom stereocenters. The number of rotatable bonds is 6. The van der Waals surface area contributed by atoms with Gasteiger partial charge in [-0.05, 0) is 43.7 Å². The molecule has 3 heterocycles. The molecular formula is C35H46O12. The number of epoxide rings is 1. The van der Waals surface area contributed by atoms with E-state index in [1.807, 2.05) is 26.8 Å². The molecule has 12 nitrogen and oxygen atoms in total. The molecule has 0 amide bonds. The van der Waals surface area contributed by atoms with Gasteiger partial charge in [-0.1, -0.05) is 27.7 Å². The van der Waals surface area contributed by atoms with Crippen molar-refractivity contribution in [3.05, 3.63) is 24.2 Å². The summed E-state index contributed by atoms with van der Waals surface area (Å²) < 4.78 is 36.3. The number of ketones is 1. The molecule has 258 valence electrons. The van der Waals surface area contributed by atoms with Crippen LogP contribution >= 0.6 is 0 Å². The van der Waals surface area contributed by atoms with Gasteiger partial charge < -0.3 is 38.3 Å². The third-order valence-electron chi connectivity index (χ3n) is 13.8. The molecule has 1 unspecified atom stereocenters. The molecule has 1 aromatic rings. The number of carbonyl (C=O) groups is 4. The standard InChI is InChI=1S/C35H46O12/c1-8-16(2)29(41)46-30-31(5)21-12-22(38)33(7)27(34(21,15-43-30)23(39)13-24(31)44-17(3)36)26(40)28(45-18(4)37)32(6)20(19-9-10-42-14-19)11-25-35(32,33)47-25/h9-10,14,16,20-25,27-28,30,38-39H,8,11-13,15H2,1-7H3/t16?,20-,21-,22+,23-,24+,25+,27-,28-,30-,31-,32+,33+,34+,35+/m0/s1. The summed E-state index contributed by atoms with van der Waals surface area (Å²) in [6, 6.07) is 1.84. The fourth-order valence-corrected chi connectivity index (χ4v) is 11.5. The fraction of sp³-hybridized carbons (Fsp3) is 0.771. The van der Waals surface area contributed by atoms with Gasteiger partial charge >= 0.3 is 17.9 Å². The van der Waals surface area contributed by atoms with Crippen LogP contribution in [0.2, 0.25) is 0 Å². The number of hydrogen-bond donors (Lipinski definition) is 2. The van der Waals surface area contributed by atoms with E-state index in [1.54, 1.807) is 26.4 Å². The van der Waals surface area contributed by atoms with E-state index in [2.05, 4.69) is 0 Å². The smallest absolute Gasteiger partial charge is 0.310 e. The van der Waals surface area contributed by atoms with Crippen LogP contribution in [-0.2, 0) is 42.9 Å². The van der Waals surface area contributed by atoms with E-state index in [-0.39, 0.29) is 31.5 Å². The highest BCUT2D eigenvalue weighted by Gasteiger charge is 2.92. The molecule has 4 saturated carbocycles. The van der Waals surface area contributed by atoms with E-state index in [4.69, 9.17) is 28.1 Å². The largest absolute Gasteiger partial charge is 0.472 e. The van der Waals surface area contributed by atoms with Crippen LogP contribution in [0.5, 0.6) is 0 Å². The highest BCUT2D eigenvalue weighted by atomic mass is 16.7. The summed E-state index contributed by atoms with van der Waals surface area (Å²) in [6.07, 6.45) is -1.82. The van der Waals surface area contributed by atoms with Gasteiger partial charge in [0.15, 0.2) is 11.9 Å². The number of furan rings is 1. The molecule has 2 aliphatic heterocycles. The van der Waals surface area contributed by atoms with Crippen molar-refractivity contribution >= 4 is 23.7 Å². The molecule has 2 saturated heterocycles. The molecule has 6 aliphatic rings. The Morgan fingerprint density at radius 3 is 2.32 bits per heavy atom. The van der Waals surface area contributed by atoms with Crippen molar-refractivity contribution in [2.75, 3.05) is 6.61 Å². The number of aliphatic hydroxyl groups is 2. The molecule has 2 bridgehead atoms. The first-order chi connectivity index (χ1) is 22.1. The maximum absolute atomic E-state index is 15.3. The van der Waals surface area contributed by atoms with Crippen molar-refractivity contribution in [3.8, 4) is 0 Å². The average Bonchev–Trinajstić information content (AvgIpc) is 3.36. The van der Waals surface area contributed by atoms with E-state index in [0.717, 1.165) is 5.56 Å². The van der Waals surface area contributed by atoms with Crippen LogP contribution in [0, 0.1) is 39.4 Å². The van der Waals surface area contributed by atoms with Crippen LogP contribution in [0.4, 0.5) is 0 Å². The van der Waals surface area contributed by atoms with Crippen LogP contribution in [0.1, 0.15) is 85.6 Å². The maximum Gasteiger partial charge on any atom is 0.310 e. The predicted molar refractivity (Wildman–Crippen MR) is 160 cm³/mol. The molecule has 2 N–H and O–H groups in total. The zero-order valence-corrected chi connectivity index (χ0v) is 28.0. The first-order valence-corrected chi connectivity index (χ1v) is 16.8. The summed E-state index contributed by atoms with van der Waals surface area (Å²) in [5.41, 5.74) is -5.14. The summed E-state index contributed by atoms with van der Waals surface area (Å²) in [7, 11) is 0. The second kappa shape index (κ2) is 10.4. The minimum absolute atomic E-state index is 0.0479. The molecule has 0 radical (unpaired) electrons. The summed E-state index contributed by atoms with van der Waals surface area (Å²) in [6.45, 7) is 11.5. The van der Waals surface area contributed by atoms with Gasteiger partial charge in [-0.25, -0.2) is 0 Å². The SMILES string of the molecule is CCC(C)C(=O)O[C@@H]1OC[C@@]23[C@H]4C(=O)[C@H](OC(C)=O)[C@@]5(C)[C@H](c6ccoc6)C[C@H]6O[C@]65[C@]4(C)[C@H](O)C[C@H]2[C@@]1(C)[C@H](OC(C)=O)C[C@@H]3O. The van der Waals surface area contributed by atoms with Crippen molar-refractivity contribution in [1.29, 1.82) is 0 Å². The van der Waals surface area contributed by atoms with Crippen LogP contribution in [0.15, 0.2) is 23.0 Å². The second-order valence-corrected chi connectivity index (χ2v) is 15.6. The first kappa shape index (κ1) is 32.7. The highest BCUT2D eigenvalue weighted by Crippen LogP contribution is 2.83. The van der Waals surface area contributed by atoms with Crippen molar-refractivity contribution in [3.63, 3.8) is 0 Å². The summed E-state index contributed by atoms with van der Waals surface area (Å²) in [5.74, 6) is -4.62. The molecule has 4 aliphatic carbocycles. The van der Waals surface area contributed by atoms with E-state index in [9.17, 15) is 24.6 Å². The number of hydrogen-bond acceptors (Lipinski definition) is 12. The van der Waals surface area contributed by atoms with Crippen LogP contribution in [-0.4, -0.2) is 82.9 Å². The van der Waals surface area contributed by atoms with Gasteiger partial charge in [0.2, 0.25) is 6.29 Å². The Morgan fingerprint density at radius 1 is 1.00 bits per heavy atom. The number of esters is 3. The lowest BCUT2D eigenvalue weighted by Crippen LogP contribution is -2.82. The Balaban J connectivity index is 1.40. The van der Waals surface area contributed by atoms with Gasteiger partial charge in [0.05, 0.1) is 54.2 Å². The van der Waals surface area contributed by atoms with Gasteiger partial charge in [-0.2, -0.15) is 0 Å². The maximum atomic E-state index is 15.3. The zero-order chi connectivity index (χ0) is 34.1. The Kier molecular flexibility index (Phi) is 7.21. The number of carbonyl (C=O) groups excluding carboxylic acids is 4. The van der Waals surface area contributed by atoms with Gasteiger partial charge in [0.1, 0.15) is 11.7 Å². The van der Waals surface area contributed by atoms with Crippen LogP contribution in [0.25, 0.3) is 0 Å². The van der Waals surface area contributed by atoms with E-state index >= 15 is 4.79 Å². The molecule has 1 aromatic heterocycles. The Hall–Kier alpha value is -2.80. The minimum Gasteiger partial charge on any atom is -0.472 e. The molecule has 1 spiro atoms. The topological polar surface area (TPSA) is 171 Å². The lowest BCUT2D eigenvalue weighted by Gasteiger charge is -2.73. The first-order valence-electron chi connectivity index (χ1n) is 16.8. The van der Waals surface area contributed by atoms with Gasteiger partial charge in [-0.3, -0.25) is 19.2 Å². The van der Waals surface area contributed by atoms with Gasteiger partial charge in [0, 0.05) is 42.9 Å². The zero-order valence-electron chi connectivity index (χ0n) is 28.0. The molecule has 7 rings (SSSR count). The van der Waals surface area contributed by atoms with E-state index < -0.39 is 99.4 Å². The predicted octanol–water partition coefficient (Wildman–Crippen LogP) is 3.06. The van der Waals surface area contributed by atoms with Crippen LogP contribution < -0.4 is 0 Å². The highest BCUT2D eigenvalue weighted by molar-refractivity contribution is 5.93. The van der Waals surface area contributed by atoms with Crippen molar-refractivity contribution in [2.45, 2.75) is 122 Å². The van der Waals surface area contributed by atoms with E-state index in [0.29, 0.717) is 12.8 Å². The van der Waals surface area contributed by atoms with Crippen molar-refractivity contribution < 1.29 is 57.5 Å². The Bertz CT molecular complexity index is 1490. The van der Waals surface area contributed by atoms with Crippen molar-refractivity contribution in [2.24, 2.45) is 39.4 Å². The summed E-state index contributed by atoms with van der Waals surface area (Å²) >= 11 is 0. The molecule has 12 heteroatoms. The van der Waals surface area contributed by atoms with Gasteiger partial charge in [0.25, 0.3) is 0 Å². The van der Waals surface area contributed by atoms with Gasteiger partial charge in [-0.15, -0.1) is 0 Å². The lowest BCUT2D eigenvalue weighted by atomic mass is 9.33.